The summed E-state index contributed by atoms with van der Waals surface area (Å²) in [6.07, 6.45) is -0.797. The molecule has 0 aliphatic heterocycles. The number of rotatable bonds is 2. The van der Waals surface area contributed by atoms with Crippen molar-refractivity contribution in [1.29, 1.82) is 0 Å². The summed E-state index contributed by atoms with van der Waals surface area (Å²) < 4.78 is 74.0. The first-order valence-electron chi connectivity index (χ1n) is 4.54. The van der Waals surface area contributed by atoms with Gasteiger partial charge in [-0.1, -0.05) is 6.07 Å². The maximum absolute atomic E-state index is 13.5. The van der Waals surface area contributed by atoms with Gasteiger partial charge in [0, 0.05) is 12.0 Å². The molecule has 0 saturated carbocycles. The molecule has 0 bridgehead atoms. The Labute approximate surface area is 96.2 Å². The zero-order valence-electron chi connectivity index (χ0n) is 8.21. The van der Waals surface area contributed by atoms with Crippen molar-refractivity contribution in [3.8, 4) is 0 Å². The van der Waals surface area contributed by atoms with Gasteiger partial charge < -0.3 is 0 Å². The zero-order valence-corrected chi connectivity index (χ0v) is 9.03. The van der Waals surface area contributed by atoms with Crippen LogP contribution in [-0.2, 0) is 17.7 Å². The van der Waals surface area contributed by atoms with Crippen molar-refractivity contribution >= 4 is 11.3 Å². The molecule has 2 atom stereocenters. The van der Waals surface area contributed by atoms with Crippen molar-refractivity contribution in [1.82, 2.24) is 4.72 Å². The first kappa shape index (κ1) is 12.5. The van der Waals surface area contributed by atoms with Crippen LogP contribution in [0.25, 0.3) is 0 Å². The van der Waals surface area contributed by atoms with Gasteiger partial charge in [-0.25, -0.2) is 26.5 Å². The second-order valence-electron chi connectivity index (χ2n) is 3.67. The highest BCUT2D eigenvalue weighted by Gasteiger charge is 2.50. The number of benzene rings is 1. The normalized spacial score (nSPS) is 23.5. The summed E-state index contributed by atoms with van der Waals surface area (Å²) in [6, 6.07) is -0.203. The van der Waals surface area contributed by atoms with Crippen molar-refractivity contribution in [2.75, 3.05) is 0 Å². The highest BCUT2D eigenvalue weighted by Crippen LogP contribution is 2.44. The lowest BCUT2D eigenvalue weighted by molar-refractivity contribution is -0.0195. The topological polar surface area (TPSA) is 49.3 Å². The zero-order chi connectivity index (χ0) is 12.8. The lowest BCUT2D eigenvalue weighted by Gasteiger charge is -2.19. The number of hydrogen-bond acceptors (Lipinski definition) is 1. The van der Waals surface area contributed by atoms with Gasteiger partial charge >= 0.3 is 0 Å². The van der Waals surface area contributed by atoms with Crippen molar-refractivity contribution in [2.45, 2.75) is 18.4 Å². The van der Waals surface area contributed by atoms with Crippen molar-refractivity contribution in [2.24, 2.45) is 0 Å². The van der Waals surface area contributed by atoms with Gasteiger partial charge in [-0.3, -0.25) is 4.55 Å². The van der Waals surface area contributed by atoms with E-state index in [1.807, 2.05) is 0 Å². The van der Waals surface area contributed by atoms with Gasteiger partial charge in [-0.2, -0.15) is 0 Å². The second kappa shape index (κ2) is 4.04. The third-order valence-corrected chi connectivity index (χ3v) is 3.02. The Balaban J connectivity index is 2.53. The number of nitrogens with one attached hydrogen (secondary N) is 1. The minimum Gasteiger partial charge on any atom is -0.294 e. The molecule has 0 radical (unpaired) electrons. The van der Waals surface area contributed by atoms with Crippen LogP contribution < -0.4 is 4.72 Å². The van der Waals surface area contributed by atoms with Crippen LogP contribution in [0.5, 0.6) is 0 Å². The fourth-order valence-electron chi connectivity index (χ4n) is 1.89. The van der Waals surface area contributed by atoms with Crippen molar-refractivity contribution in [3.63, 3.8) is 0 Å². The van der Waals surface area contributed by atoms with E-state index < -0.39 is 46.8 Å². The van der Waals surface area contributed by atoms with E-state index in [1.165, 1.54) is 0 Å². The van der Waals surface area contributed by atoms with Crippen molar-refractivity contribution in [3.05, 3.63) is 34.9 Å². The van der Waals surface area contributed by atoms with Crippen LogP contribution in [-0.4, -0.2) is 14.7 Å². The fraction of sp³-hybridized carbons (Fsp3) is 0.333. The molecule has 2 N–H and O–H groups in total. The fourth-order valence-corrected chi connectivity index (χ4v) is 2.38. The SMILES string of the molecule is O=S(O)NC1c2c(ccc(F)c2F)CC1(F)F. The Morgan fingerprint density at radius 1 is 1.41 bits per heavy atom. The van der Waals surface area contributed by atoms with Crippen LogP contribution in [0.15, 0.2) is 12.1 Å². The van der Waals surface area contributed by atoms with Crippen LogP contribution in [0.4, 0.5) is 17.6 Å². The molecule has 0 amide bonds. The van der Waals surface area contributed by atoms with Gasteiger partial charge in [0.15, 0.2) is 11.6 Å². The molecule has 0 aromatic heterocycles. The molecule has 3 nitrogen and oxygen atoms in total. The monoisotopic (exact) mass is 269 g/mol. The van der Waals surface area contributed by atoms with Crippen LogP contribution in [0.2, 0.25) is 0 Å². The lowest BCUT2D eigenvalue weighted by Crippen LogP contribution is -2.35. The third-order valence-electron chi connectivity index (χ3n) is 2.58. The smallest absolute Gasteiger partial charge is 0.272 e. The minimum atomic E-state index is -3.44. The lowest BCUT2D eigenvalue weighted by atomic mass is 10.1. The summed E-state index contributed by atoms with van der Waals surface area (Å²) in [5, 5.41) is 0. The first-order chi connectivity index (χ1) is 7.83. The molecule has 2 unspecified atom stereocenters. The second-order valence-corrected chi connectivity index (χ2v) is 4.41. The summed E-state index contributed by atoms with van der Waals surface area (Å²) in [7, 11) is 0. The maximum atomic E-state index is 13.5. The van der Waals surface area contributed by atoms with Crippen LogP contribution >= 0.6 is 0 Å². The first-order valence-corrected chi connectivity index (χ1v) is 5.65. The molecule has 2 rings (SSSR count). The van der Waals surface area contributed by atoms with E-state index in [0.717, 1.165) is 12.1 Å². The molecule has 0 spiro atoms. The molecule has 8 heteroatoms. The molecule has 17 heavy (non-hydrogen) atoms. The van der Waals surface area contributed by atoms with Gasteiger partial charge in [-0.05, 0) is 11.6 Å². The molecular weight excluding hydrogens is 262 g/mol. The van der Waals surface area contributed by atoms with E-state index in [4.69, 9.17) is 4.55 Å². The number of hydrogen-bond donors (Lipinski definition) is 2. The van der Waals surface area contributed by atoms with Gasteiger partial charge in [0.2, 0.25) is 11.3 Å². The highest BCUT2D eigenvalue weighted by molar-refractivity contribution is 7.77. The average Bonchev–Trinajstić information content (AvgIpc) is 2.45. The summed E-state index contributed by atoms with van der Waals surface area (Å²) in [6.45, 7) is 0. The predicted molar refractivity (Wildman–Crippen MR) is 51.7 cm³/mol. The van der Waals surface area contributed by atoms with Gasteiger partial charge in [0.05, 0.1) is 0 Å². The molecule has 0 fully saturated rings. The van der Waals surface area contributed by atoms with E-state index in [1.54, 1.807) is 4.72 Å². The Hall–Kier alpha value is -0.990. The van der Waals surface area contributed by atoms with Gasteiger partial charge in [-0.15, -0.1) is 0 Å². The van der Waals surface area contributed by atoms with E-state index in [-0.39, 0.29) is 5.56 Å². The average molecular weight is 269 g/mol. The molecule has 1 aromatic carbocycles. The minimum absolute atomic E-state index is 0.0724. The molecule has 1 aliphatic carbocycles. The van der Waals surface area contributed by atoms with E-state index in [0.29, 0.717) is 0 Å². The van der Waals surface area contributed by atoms with Crippen LogP contribution in [0.3, 0.4) is 0 Å². The van der Waals surface area contributed by atoms with E-state index in [9.17, 15) is 21.8 Å². The molecule has 1 aromatic rings. The molecule has 0 saturated heterocycles. The third kappa shape index (κ3) is 2.07. The molecule has 0 heterocycles. The Morgan fingerprint density at radius 2 is 2.06 bits per heavy atom. The summed E-state index contributed by atoms with van der Waals surface area (Å²) in [4.78, 5) is 0. The predicted octanol–water partition coefficient (Wildman–Crippen LogP) is 1.92. The summed E-state index contributed by atoms with van der Waals surface area (Å²) >= 11 is -2.74. The highest BCUT2D eigenvalue weighted by atomic mass is 32.2. The number of halogens is 4. The number of alkyl halides is 2. The summed E-state index contributed by atoms with van der Waals surface area (Å²) in [5.74, 6) is -6.12. The van der Waals surface area contributed by atoms with Gasteiger partial charge in [0.1, 0.15) is 6.04 Å². The Kier molecular flexibility index (Phi) is 2.96. The molecule has 94 valence electrons. The standard InChI is InChI=1S/C9H7F4NO2S/c10-5-2-1-4-3-9(12,13)8(14-17(15)16)6(4)7(5)11/h1-2,8,14H,3H2,(H,15,16). The van der Waals surface area contributed by atoms with Crippen LogP contribution in [0.1, 0.15) is 17.2 Å². The van der Waals surface area contributed by atoms with Gasteiger partial charge in [0.25, 0.3) is 5.92 Å². The molecular formula is C9H7F4NO2S. The summed E-state index contributed by atoms with van der Waals surface area (Å²) in [5.41, 5.74) is -0.658. The largest absolute Gasteiger partial charge is 0.294 e. The van der Waals surface area contributed by atoms with E-state index >= 15 is 0 Å². The van der Waals surface area contributed by atoms with Crippen molar-refractivity contribution < 1.29 is 26.3 Å². The Bertz CT molecular complexity index is 494. The molecule has 1 aliphatic rings. The maximum Gasteiger partial charge on any atom is 0.272 e. The Morgan fingerprint density at radius 3 is 2.65 bits per heavy atom. The van der Waals surface area contributed by atoms with E-state index in [2.05, 4.69) is 0 Å². The number of fused-ring (bicyclic) bond motifs is 1. The quantitative estimate of drug-likeness (QED) is 0.636. The van der Waals surface area contributed by atoms with Crippen LogP contribution in [0, 0.1) is 11.6 Å².